The lowest BCUT2D eigenvalue weighted by molar-refractivity contribution is 0.198. The maximum Gasteiger partial charge on any atom is 0.123 e. The van der Waals surface area contributed by atoms with E-state index < -0.39 is 0 Å². The summed E-state index contributed by atoms with van der Waals surface area (Å²) in [5.74, 6) is 0.473. The second-order valence-electron chi connectivity index (χ2n) is 5.94. The Hall–Kier alpha value is -1.13. The highest BCUT2D eigenvalue weighted by molar-refractivity contribution is 5.36. The molecule has 0 radical (unpaired) electrons. The van der Waals surface area contributed by atoms with Crippen LogP contribution in [-0.2, 0) is 0 Å². The molecule has 0 aromatic heterocycles. The molecule has 4 heteroatoms. The van der Waals surface area contributed by atoms with Crippen LogP contribution in [0.3, 0.4) is 0 Å². The number of hydrogen-bond acceptors (Lipinski definition) is 3. The predicted molar refractivity (Wildman–Crippen MR) is 76.8 cm³/mol. The molecule has 1 aromatic carbocycles. The van der Waals surface area contributed by atoms with Crippen LogP contribution in [0.1, 0.15) is 31.9 Å². The number of methoxy groups -OCH3 is 1. The first-order chi connectivity index (χ1) is 8.80. The van der Waals surface area contributed by atoms with Gasteiger partial charge in [0.05, 0.1) is 7.11 Å². The van der Waals surface area contributed by atoms with Crippen molar-refractivity contribution < 1.29 is 9.13 Å². The first kappa shape index (κ1) is 15.9. The summed E-state index contributed by atoms with van der Waals surface area (Å²) in [6.45, 7) is 4.83. The Kier molecular flexibility index (Phi) is 5.32. The summed E-state index contributed by atoms with van der Waals surface area (Å²) < 4.78 is 18.9. The van der Waals surface area contributed by atoms with Crippen LogP contribution in [-0.4, -0.2) is 32.6 Å². The standard InChI is InChI=1S/C15H25FN2O/c1-15(2,10-17)9-13(18(3)4)12-8-11(16)6-7-14(12)19-5/h6-8,13H,9-10,17H2,1-5H3. The number of hydrogen-bond donors (Lipinski definition) is 1. The van der Waals surface area contributed by atoms with Gasteiger partial charge in [-0.1, -0.05) is 13.8 Å². The van der Waals surface area contributed by atoms with Gasteiger partial charge in [-0.05, 0) is 50.7 Å². The lowest BCUT2D eigenvalue weighted by Gasteiger charge is -2.33. The minimum Gasteiger partial charge on any atom is -0.496 e. The molecule has 1 aromatic rings. The highest BCUT2D eigenvalue weighted by atomic mass is 19.1. The van der Waals surface area contributed by atoms with E-state index in [1.807, 2.05) is 14.1 Å². The summed E-state index contributed by atoms with van der Waals surface area (Å²) in [5.41, 5.74) is 6.67. The van der Waals surface area contributed by atoms with Gasteiger partial charge in [-0.15, -0.1) is 0 Å². The number of nitrogens with zero attached hydrogens (tertiary/aromatic N) is 1. The van der Waals surface area contributed by atoms with E-state index >= 15 is 0 Å². The fourth-order valence-electron chi connectivity index (χ4n) is 2.14. The Labute approximate surface area is 115 Å². The highest BCUT2D eigenvalue weighted by Gasteiger charge is 2.27. The molecule has 2 N–H and O–H groups in total. The zero-order valence-corrected chi connectivity index (χ0v) is 12.5. The first-order valence-electron chi connectivity index (χ1n) is 6.50. The van der Waals surface area contributed by atoms with Crippen molar-refractivity contribution in [3.63, 3.8) is 0 Å². The lowest BCUT2D eigenvalue weighted by Crippen LogP contribution is -2.31. The molecule has 0 amide bonds. The number of nitrogens with two attached hydrogens (primary N) is 1. The maximum atomic E-state index is 13.5. The van der Waals surface area contributed by atoms with Crippen molar-refractivity contribution in [3.05, 3.63) is 29.6 Å². The summed E-state index contributed by atoms with van der Waals surface area (Å²) in [4.78, 5) is 2.08. The average Bonchev–Trinajstić information content (AvgIpc) is 2.35. The number of halogens is 1. The normalized spacial score (nSPS) is 13.7. The van der Waals surface area contributed by atoms with Crippen molar-refractivity contribution >= 4 is 0 Å². The van der Waals surface area contributed by atoms with Gasteiger partial charge in [0.1, 0.15) is 11.6 Å². The van der Waals surface area contributed by atoms with Gasteiger partial charge in [-0.2, -0.15) is 0 Å². The predicted octanol–water partition coefficient (Wildman–Crippen LogP) is 2.81. The van der Waals surface area contributed by atoms with Gasteiger partial charge in [0.2, 0.25) is 0 Å². The van der Waals surface area contributed by atoms with Gasteiger partial charge in [0, 0.05) is 11.6 Å². The molecule has 0 saturated carbocycles. The Morgan fingerprint density at radius 1 is 1.37 bits per heavy atom. The monoisotopic (exact) mass is 268 g/mol. The molecule has 0 saturated heterocycles. The van der Waals surface area contributed by atoms with E-state index in [9.17, 15) is 4.39 Å². The van der Waals surface area contributed by atoms with Crippen LogP contribution in [0.5, 0.6) is 5.75 Å². The van der Waals surface area contributed by atoms with Crippen LogP contribution in [0.15, 0.2) is 18.2 Å². The van der Waals surface area contributed by atoms with Gasteiger partial charge in [0.15, 0.2) is 0 Å². The molecule has 108 valence electrons. The van der Waals surface area contributed by atoms with Crippen molar-refractivity contribution in [2.75, 3.05) is 27.7 Å². The molecule has 0 spiro atoms. The fraction of sp³-hybridized carbons (Fsp3) is 0.600. The molecular formula is C15H25FN2O. The van der Waals surface area contributed by atoms with E-state index in [-0.39, 0.29) is 17.3 Å². The molecule has 0 fully saturated rings. The minimum absolute atomic E-state index is 0.00767. The third-order valence-electron chi connectivity index (χ3n) is 3.47. The van der Waals surface area contributed by atoms with Gasteiger partial charge in [-0.25, -0.2) is 4.39 Å². The third kappa shape index (κ3) is 4.18. The van der Waals surface area contributed by atoms with Crippen LogP contribution in [0.4, 0.5) is 4.39 Å². The SMILES string of the molecule is COc1ccc(F)cc1C(CC(C)(C)CN)N(C)C. The molecule has 1 rings (SSSR count). The van der Waals surface area contributed by atoms with Crippen molar-refractivity contribution in [3.8, 4) is 5.75 Å². The molecular weight excluding hydrogens is 243 g/mol. The van der Waals surface area contributed by atoms with Gasteiger partial charge < -0.3 is 15.4 Å². The summed E-state index contributed by atoms with van der Waals surface area (Å²) in [7, 11) is 5.58. The van der Waals surface area contributed by atoms with Crippen LogP contribution >= 0.6 is 0 Å². The van der Waals surface area contributed by atoms with E-state index in [2.05, 4.69) is 18.7 Å². The zero-order valence-electron chi connectivity index (χ0n) is 12.5. The Morgan fingerprint density at radius 3 is 2.47 bits per heavy atom. The number of benzene rings is 1. The smallest absolute Gasteiger partial charge is 0.123 e. The summed E-state index contributed by atoms with van der Waals surface area (Å²) in [5, 5.41) is 0. The molecule has 0 bridgehead atoms. The third-order valence-corrected chi connectivity index (χ3v) is 3.47. The number of ether oxygens (including phenoxy) is 1. The van der Waals surface area contributed by atoms with E-state index in [4.69, 9.17) is 10.5 Å². The lowest BCUT2D eigenvalue weighted by atomic mass is 9.83. The van der Waals surface area contributed by atoms with Crippen LogP contribution in [0.25, 0.3) is 0 Å². The van der Waals surface area contributed by atoms with Crippen molar-refractivity contribution in [1.82, 2.24) is 4.90 Å². The second kappa shape index (κ2) is 6.35. The molecule has 3 nitrogen and oxygen atoms in total. The van der Waals surface area contributed by atoms with Gasteiger partial charge in [0.25, 0.3) is 0 Å². The van der Waals surface area contributed by atoms with Gasteiger partial charge in [-0.3, -0.25) is 0 Å². The van der Waals surface area contributed by atoms with E-state index in [1.54, 1.807) is 19.2 Å². The van der Waals surface area contributed by atoms with Crippen molar-refractivity contribution in [2.45, 2.75) is 26.3 Å². The molecule has 0 aliphatic carbocycles. The fourth-order valence-corrected chi connectivity index (χ4v) is 2.14. The van der Waals surface area contributed by atoms with E-state index in [0.717, 1.165) is 12.0 Å². The Morgan fingerprint density at radius 2 is 2.00 bits per heavy atom. The highest BCUT2D eigenvalue weighted by Crippen LogP contribution is 2.36. The van der Waals surface area contributed by atoms with Crippen molar-refractivity contribution in [1.29, 1.82) is 0 Å². The molecule has 0 heterocycles. The van der Waals surface area contributed by atoms with Gasteiger partial charge >= 0.3 is 0 Å². The topological polar surface area (TPSA) is 38.5 Å². The molecule has 0 aliphatic heterocycles. The van der Waals surface area contributed by atoms with E-state index in [1.165, 1.54) is 6.07 Å². The summed E-state index contributed by atoms with van der Waals surface area (Å²) in [6.07, 6.45) is 0.844. The zero-order chi connectivity index (χ0) is 14.6. The largest absolute Gasteiger partial charge is 0.496 e. The minimum atomic E-state index is -0.242. The van der Waals surface area contributed by atoms with Crippen LogP contribution in [0, 0.1) is 11.2 Å². The van der Waals surface area contributed by atoms with Crippen molar-refractivity contribution in [2.24, 2.45) is 11.1 Å². The average molecular weight is 268 g/mol. The molecule has 0 aliphatic rings. The Bertz CT molecular complexity index is 419. The quantitative estimate of drug-likeness (QED) is 0.862. The van der Waals surface area contributed by atoms with Crippen LogP contribution in [0.2, 0.25) is 0 Å². The number of rotatable bonds is 6. The van der Waals surface area contributed by atoms with E-state index in [0.29, 0.717) is 12.3 Å². The summed E-state index contributed by atoms with van der Waals surface area (Å²) >= 11 is 0. The first-order valence-corrected chi connectivity index (χ1v) is 6.50. The molecule has 1 atom stereocenters. The maximum absolute atomic E-state index is 13.5. The molecule has 19 heavy (non-hydrogen) atoms. The Balaban J connectivity index is 3.15. The molecule has 1 unspecified atom stereocenters. The summed E-state index contributed by atoms with van der Waals surface area (Å²) in [6, 6.07) is 4.72. The second-order valence-corrected chi connectivity index (χ2v) is 5.94. The van der Waals surface area contributed by atoms with Crippen LogP contribution < -0.4 is 10.5 Å².